The number of halogens is 1. The number of rotatable bonds is 4. The highest BCUT2D eigenvalue weighted by Crippen LogP contribution is 2.31. The highest BCUT2D eigenvalue weighted by atomic mass is 79.9. The van der Waals surface area contributed by atoms with Crippen molar-refractivity contribution in [2.75, 3.05) is 13.4 Å². The van der Waals surface area contributed by atoms with Crippen LogP contribution in [0.1, 0.15) is 5.56 Å². The van der Waals surface area contributed by atoms with E-state index in [1.165, 1.54) is 10.3 Å². The molecule has 4 aromatic rings. The van der Waals surface area contributed by atoms with Crippen LogP contribution in [0.5, 0.6) is 5.75 Å². The minimum absolute atomic E-state index is 0.776. The van der Waals surface area contributed by atoms with Crippen LogP contribution in [0, 0.1) is 0 Å². The Labute approximate surface area is 156 Å². The lowest BCUT2D eigenvalue weighted by Crippen LogP contribution is -1.98. The fraction of sp³-hybridized carbons (Fsp3) is 0.176. The Bertz CT molecular complexity index is 1040. The summed E-state index contributed by atoms with van der Waals surface area (Å²) in [7, 11) is 1.66. The Hall–Kier alpha value is -1.57. The van der Waals surface area contributed by atoms with Crippen LogP contribution in [-0.4, -0.2) is 27.9 Å². The molecule has 0 spiro atoms. The van der Waals surface area contributed by atoms with E-state index in [2.05, 4.69) is 61.0 Å². The molecular formula is C17H14BrN3OS2. The van der Waals surface area contributed by atoms with Gasteiger partial charge in [-0.2, -0.15) is 0 Å². The van der Waals surface area contributed by atoms with E-state index >= 15 is 0 Å². The largest absolute Gasteiger partial charge is 0.495 e. The van der Waals surface area contributed by atoms with Gasteiger partial charge in [0.25, 0.3) is 0 Å². The summed E-state index contributed by atoms with van der Waals surface area (Å²) in [4.78, 5) is 9.09. The first kappa shape index (κ1) is 15.9. The zero-order valence-corrected chi connectivity index (χ0v) is 16.3. The van der Waals surface area contributed by atoms with Gasteiger partial charge in [-0.25, -0.2) is 9.97 Å². The van der Waals surface area contributed by atoms with Crippen molar-refractivity contribution in [2.45, 2.75) is 10.9 Å². The summed E-state index contributed by atoms with van der Waals surface area (Å²) in [5.74, 6) is 0.795. The third kappa shape index (κ3) is 2.81. The number of hydrogen-bond acceptors (Lipinski definition) is 5. The van der Waals surface area contributed by atoms with E-state index in [1.54, 1.807) is 30.2 Å². The molecule has 0 unspecified atom stereocenters. The minimum Gasteiger partial charge on any atom is -0.495 e. The fourth-order valence-electron chi connectivity index (χ4n) is 2.67. The molecule has 0 bridgehead atoms. The first-order chi connectivity index (χ1) is 11.7. The van der Waals surface area contributed by atoms with E-state index in [0.717, 1.165) is 37.7 Å². The van der Waals surface area contributed by atoms with E-state index in [9.17, 15) is 0 Å². The lowest BCUT2D eigenvalue weighted by Gasteiger charge is -2.07. The third-order valence-corrected chi connectivity index (χ3v) is 6.48. The smallest absolute Gasteiger partial charge is 0.150 e. The molecule has 2 aromatic heterocycles. The molecule has 0 saturated carbocycles. The second kappa shape index (κ2) is 6.38. The summed E-state index contributed by atoms with van der Waals surface area (Å²) in [5, 5.41) is 0. The molecular weight excluding hydrogens is 406 g/mol. The van der Waals surface area contributed by atoms with Crippen molar-refractivity contribution in [3.8, 4) is 5.75 Å². The SMILES string of the molecule is COc1cc2ncn(Cc3ccc4nc(SC)sc4c3)c2cc1Br. The number of thioether (sulfide) groups is 1. The average Bonchev–Trinajstić information content (AvgIpc) is 3.17. The molecule has 0 radical (unpaired) electrons. The molecule has 2 aromatic carbocycles. The number of hydrogen-bond donors (Lipinski definition) is 0. The van der Waals surface area contributed by atoms with Crippen molar-refractivity contribution < 1.29 is 4.74 Å². The first-order valence-corrected chi connectivity index (χ1v) is 10.1. The molecule has 0 aliphatic carbocycles. The predicted octanol–water partition coefficient (Wildman–Crippen LogP) is 5.19. The fourth-order valence-corrected chi connectivity index (χ4v) is 4.72. The summed E-state index contributed by atoms with van der Waals surface area (Å²) in [6.45, 7) is 0.776. The quantitative estimate of drug-likeness (QED) is 0.426. The van der Waals surface area contributed by atoms with Gasteiger partial charge in [0, 0.05) is 12.6 Å². The molecule has 122 valence electrons. The number of ether oxygens (including phenoxy) is 1. The van der Waals surface area contributed by atoms with Crippen molar-refractivity contribution in [1.29, 1.82) is 0 Å². The Morgan fingerprint density at radius 3 is 2.92 bits per heavy atom. The summed E-state index contributed by atoms with van der Waals surface area (Å²) in [6, 6.07) is 10.5. The number of benzene rings is 2. The molecule has 2 heterocycles. The van der Waals surface area contributed by atoms with Gasteiger partial charge in [0.15, 0.2) is 4.34 Å². The maximum atomic E-state index is 5.34. The number of fused-ring (bicyclic) bond motifs is 2. The molecule has 0 aliphatic rings. The maximum Gasteiger partial charge on any atom is 0.150 e. The van der Waals surface area contributed by atoms with Crippen molar-refractivity contribution in [2.24, 2.45) is 0 Å². The molecule has 0 amide bonds. The lowest BCUT2D eigenvalue weighted by molar-refractivity contribution is 0.412. The number of methoxy groups -OCH3 is 1. The normalized spacial score (nSPS) is 11.5. The number of imidazole rings is 1. The average molecular weight is 420 g/mol. The second-order valence-corrected chi connectivity index (χ2v) is 8.27. The van der Waals surface area contributed by atoms with Gasteiger partial charge >= 0.3 is 0 Å². The molecule has 4 nitrogen and oxygen atoms in total. The minimum atomic E-state index is 0.776. The van der Waals surface area contributed by atoms with Crippen LogP contribution >= 0.6 is 39.0 Å². The molecule has 0 fully saturated rings. The monoisotopic (exact) mass is 419 g/mol. The Morgan fingerprint density at radius 1 is 1.25 bits per heavy atom. The first-order valence-electron chi connectivity index (χ1n) is 7.30. The standard InChI is InChI=1S/C17H14BrN3OS2/c1-22-15-7-13-14(6-11(15)18)21(9-19-13)8-10-3-4-12-16(5-10)24-17(20-12)23-2/h3-7,9H,8H2,1-2H3. The van der Waals surface area contributed by atoms with Gasteiger partial charge < -0.3 is 9.30 Å². The predicted molar refractivity (Wildman–Crippen MR) is 104 cm³/mol. The molecule has 0 aliphatic heterocycles. The second-order valence-electron chi connectivity index (χ2n) is 5.33. The van der Waals surface area contributed by atoms with Gasteiger partial charge in [0.2, 0.25) is 0 Å². The van der Waals surface area contributed by atoms with Crippen molar-refractivity contribution in [1.82, 2.24) is 14.5 Å². The van der Waals surface area contributed by atoms with Gasteiger partial charge in [-0.15, -0.1) is 11.3 Å². The van der Waals surface area contributed by atoms with Crippen LogP contribution in [0.4, 0.5) is 0 Å². The van der Waals surface area contributed by atoms with Gasteiger partial charge in [-0.05, 0) is 45.9 Å². The third-order valence-electron chi connectivity index (χ3n) is 3.86. The summed E-state index contributed by atoms with van der Waals surface area (Å²) in [6.07, 6.45) is 3.93. The van der Waals surface area contributed by atoms with Crippen LogP contribution in [0.2, 0.25) is 0 Å². The van der Waals surface area contributed by atoms with Crippen LogP contribution in [0.25, 0.3) is 21.3 Å². The molecule has 0 N–H and O–H groups in total. The summed E-state index contributed by atoms with van der Waals surface area (Å²) in [5.41, 5.74) is 4.32. The molecule has 24 heavy (non-hydrogen) atoms. The van der Waals surface area contributed by atoms with Crippen molar-refractivity contribution in [3.05, 3.63) is 46.7 Å². The number of aromatic nitrogens is 3. The molecule has 7 heteroatoms. The van der Waals surface area contributed by atoms with E-state index in [0.29, 0.717) is 0 Å². The van der Waals surface area contributed by atoms with Crippen molar-refractivity contribution >= 4 is 60.3 Å². The van der Waals surface area contributed by atoms with E-state index in [-0.39, 0.29) is 0 Å². The van der Waals surface area contributed by atoms with E-state index < -0.39 is 0 Å². The highest BCUT2D eigenvalue weighted by Gasteiger charge is 2.10. The molecule has 0 saturated heterocycles. The Morgan fingerprint density at radius 2 is 2.12 bits per heavy atom. The van der Waals surface area contributed by atoms with Crippen LogP contribution < -0.4 is 4.74 Å². The van der Waals surface area contributed by atoms with Gasteiger partial charge in [0.05, 0.1) is 39.2 Å². The zero-order valence-electron chi connectivity index (χ0n) is 13.1. The number of thiazole rings is 1. The zero-order chi connectivity index (χ0) is 16.7. The van der Waals surface area contributed by atoms with Crippen LogP contribution in [-0.2, 0) is 6.54 Å². The molecule has 4 rings (SSSR count). The van der Waals surface area contributed by atoms with E-state index in [1.807, 2.05) is 12.4 Å². The van der Waals surface area contributed by atoms with Gasteiger partial charge in [-0.1, -0.05) is 17.8 Å². The van der Waals surface area contributed by atoms with Gasteiger partial charge in [0.1, 0.15) is 5.75 Å². The van der Waals surface area contributed by atoms with E-state index in [4.69, 9.17) is 4.74 Å². The summed E-state index contributed by atoms with van der Waals surface area (Å²) < 4.78 is 10.7. The molecule has 0 atom stereocenters. The van der Waals surface area contributed by atoms with Crippen LogP contribution in [0.15, 0.2) is 45.5 Å². The number of nitrogens with zero attached hydrogens (tertiary/aromatic N) is 3. The Kier molecular flexibility index (Phi) is 4.24. The van der Waals surface area contributed by atoms with Crippen LogP contribution in [0.3, 0.4) is 0 Å². The summed E-state index contributed by atoms with van der Waals surface area (Å²) >= 11 is 6.98. The maximum absolute atomic E-state index is 5.34. The highest BCUT2D eigenvalue weighted by molar-refractivity contribution is 9.10. The topological polar surface area (TPSA) is 39.9 Å². The van der Waals surface area contributed by atoms with Gasteiger partial charge in [-0.3, -0.25) is 0 Å². The Balaban J connectivity index is 1.72. The lowest BCUT2D eigenvalue weighted by atomic mass is 10.2. The van der Waals surface area contributed by atoms with Crippen molar-refractivity contribution in [3.63, 3.8) is 0 Å².